The Balaban J connectivity index is 2.78. The average molecular weight is 216 g/mol. The topological polar surface area (TPSA) is 69.6 Å². The minimum absolute atomic E-state index is 0.0276. The number of benzene rings is 1. The molecule has 1 rings (SSSR count). The Hall–Kier alpha value is -1.42. The number of aliphatic carboxylic acids is 1. The van der Waals surface area contributed by atoms with E-state index < -0.39 is 12.0 Å². The summed E-state index contributed by atoms with van der Waals surface area (Å²) in [6, 6.07) is 3.73. The number of phenolic OH excluding ortho intramolecular Hbond substituents is 1. The fraction of sp³-hybridized carbons (Fsp3) is 0.222. The molecule has 0 saturated carbocycles. The fourth-order valence-electron chi connectivity index (χ4n) is 0.908. The highest BCUT2D eigenvalue weighted by Gasteiger charge is 2.10. The molecule has 0 radical (unpaired) electrons. The normalized spacial score (nSPS) is 12.1. The highest BCUT2D eigenvalue weighted by atomic mass is 35.5. The second-order valence-electron chi connectivity index (χ2n) is 2.87. The van der Waals surface area contributed by atoms with Crippen molar-refractivity contribution < 1.29 is 15.0 Å². The highest BCUT2D eigenvalue weighted by molar-refractivity contribution is 6.32. The van der Waals surface area contributed by atoms with Crippen LogP contribution in [0, 0.1) is 0 Å². The molecule has 0 amide bonds. The molecule has 76 valence electrons. The van der Waals surface area contributed by atoms with E-state index in [0.717, 1.165) is 0 Å². The molecule has 1 atom stereocenters. The van der Waals surface area contributed by atoms with E-state index in [-0.39, 0.29) is 10.8 Å². The Morgan fingerprint density at radius 1 is 1.57 bits per heavy atom. The van der Waals surface area contributed by atoms with Crippen LogP contribution >= 0.6 is 11.6 Å². The van der Waals surface area contributed by atoms with Crippen LogP contribution in [0.5, 0.6) is 5.75 Å². The second kappa shape index (κ2) is 4.19. The van der Waals surface area contributed by atoms with E-state index in [4.69, 9.17) is 21.8 Å². The van der Waals surface area contributed by atoms with Gasteiger partial charge in [0.1, 0.15) is 11.8 Å². The molecule has 0 fully saturated rings. The number of nitrogens with one attached hydrogen (secondary N) is 1. The molecular formula is C9H10ClNO3. The van der Waals surface area contributed by atoms with Crippen molar-refractivity contribution >= 4 is 23.3 Å². The number of phenols is 1. The second-order valence-corrected chi connectivity index (χ2v) is 3.28. The largest absolute Gasteiger partial charge is 0.506 e. The smallest absolute Gasteiger partial charge is 0.325 e. The maximum absolute atomic E-state index is 10.5. The van der Waals surface area contributed by atoms with Gasteiger partial charge in [-0.2, -0.15) is 0 Å². The molecule has 0 aliphatic rings. The van der Waals surface area contributed by atoms with Crippen LogP contribution in [-0.4, -0.2) is 22.2 Å². The molecule has 0 bridgehead atoms. The highest BCUT2D eigenvalue weighted by Crippen LogP contribution is 2.26. The summed E-state index contributed by atoms with van der Waals surface area (Å²) in [5, 5.41) is 20.6. The standard InChI is InChI=1S/C9H10ClNO3/c1-5(9(13)14)11-6-2-3-8(12)7(10)4-6/h2-5,11-12H,1H3,(H,13,14). The van der Waals surface area contributed by atoms with E-state index in [1.165, 1.54) is 19.1 Å². The van der Waals surface area contributed by atoms with Crippen molar-refractivity contribution in [1.29, 1.82) is 0 Å². The fourth-order valence-corrected chi connectivity index (χ4v) is 1.09. The predicted molar refractivity (Wildman–Crippen MR) is 53.8 cm³/mol. The van der Waals surface area contributed by atoms with Crippen LogP contribution in [0.25, 0.3) is 0 Å². The molecular weight excluding hydrogens is 206 g/mol. The summed E-state index contributed by atoms with van der Waals surface area (Å²) < 4.78 is 0. The molecule has 0 spiro atoms. The third kappa shape index (κ3) is 2.53. The zero-order valence-corrected chi connectivity index (χ0v) is 8.25. The van der Waals surface area contributed by atoms with Gasteiger partial charge in [0.05, 0.1) is 5.02 Å². The first-order chi connectivity index (χ1) is 6.50. The minimum atomic E-state index is -0.950. The molecule has 1 unspecified atom stereocenters. The number of carboxylic acids is 1. The van der Waals surface area contributed by atoms with Gasteiger partial charge in [0.2, 0.25) is 0 Å². The molecule has 0 saturated heterocycles. The summed E-state index contributed by atoms with van der Waals surface area (Å²) in [6.45, 7) is 1.52. The van der Waals surface area contributed by atoms with Gasteiger partial charge in [0.15, 0.2) is 0 Å². The summed E-state index contributed by atoms with van der Waals surface area (Å²) in [6.07, 6.45) is 0. The lowest BCUT2D eigenvalue weighted by atomic mass is 10.2. The van der Waals surface area contributed by atoms with Crippen LogP contribution < -0.4 is 5.32 Å². The van der Waals surface area contributed by atoms with E-state index in [9.17, 15) is 4.79 Å². The molecule has 0 aromatic heterocycles. The minimum Gasteiger partial charge on any atom is -0.506 e. The van der Waals surface area contributed by atoms with Gasteiger partial charge in [0.25, 0.3) is 0 Å². The van der Waals surface area contributed by atoms with Crippen molar-refractivity contribution in [3.05, 3.63) is 23.2 Å². The van der Waals surface area contributed by atoms with Crippen LogP contribution in [0.2, 0.25) is 5.02 Å². The van der Waals surface area contributed by atoms with Crippen LogP contribution in [0.3, 0.4) is 0 Å². The van der Waals surface area contributed by atoms with Crippen LogP contribution in [-0.2, 0) is 4.79 Å². The molecule has 1 aromatic carbocycles. The van der Waals surface area contributed by atoms with Gasteiger partial charge in [-0.3, -0.25) is 4.79 Å². The Morgan fingerprint density at radius 2 is 2.21 bits per heavy atom. The monoisotopic (exact) mass is 215 g/mol. The van der Waals surface area contributed by atoms with Gasteiger partial charge >= 0.3 is 5.97 Å². The van der Waals surface area contributed by atoms with Crippen LogP contribution in [0.1, 0.15) is 6.92 Å². The first-order valence-corrected chi connectivity index (χ1v) is 4.36. The van der Waals surface area contributed by atoms with Crippen molar-refractivity contribution in [2.45, 2.75) is 13.0 Å². The third-order valence-electron chi connectivity index (χ3n) is 1.70. The maximum atomic E-state index is 10.5. The maximum Gasteiger partial charge on any atom is 0.325 e. The molecule has 1 aromatic rings. The van der Waals surface area contributed by atoms with Gasteiger partial charge in [0, 0.05) is 5.69 Å². The summed E-state index contributed by atoms with van der Waals surface area (Å²) in [7, 11) is 0. The molecule has 0 aliphatic carbocycles. The zero-order valence-electron chi connectivity index (χ0n) is 7.49. The molecule has 5 heteroatoms. The molecule has 4 nitrogen and oxygen atoms in total. The first-order valence-electron chi connectivity index (χ1n) is 3.98. The van der Waals surface area contributed by atoms with E-state index in [0.29, 0.717) is 5.69 Å². The van der Waals surface area contributed by atoms with Crippen molar-refractivity contribution in [2.75, 3.05) is 5.32 Å². The van der Waals surface area contributed by atoms with Crippen molar-refractivity contribution in [3.63, 3.8) is 0 Å². The van der Waals surface area contributed by atoms with Crippen LogP contribution in [0.15, 0.2) is 18.2 Å². The molecule has 14 heavy (non-hydrogen) atoms. The summed E-state index contributed by atoms with van der Waals surface area (Å²) in [5.74, 6) is -0.977. The number of carbonyl (C=O) groups is 1. The van der Waals surface area contributed by atoms with E-state index in [2.05, 4.69) is 5.32 Å². The van der Waals surface area contributed by atoms with Crippen molar-refractivity contribution in [2.24, 2.45) is 0 Å². The number of halogens is 1. The predicted octanol–water partition coefficient (Wildman–Crippen LogP) is 1.93. The Kier molecular flexibility index (Phi) is 3.19. The molecule has 0 heterocycles. The lowest BCUT2D eigenvalue weighted by Crippen LogP contribution is -2.25. The summed E-state index contributed by atoms with van der Waals surface area (Å²) in [4.78, 5) is 10.5. The number of hydrogen-bond acceptors (Lipinski definition) is 3. The van der Waals surface area contributed by atoms with Gasteiger partial charge in [-0.05, 0) is 25.1 Å². The Bertz CT molecular complexity index is 354. The number of hydrogen-bond donors (Lipinski definition) is 3. The number of aromatic hydroxyl groups is 1. The third-order valence-corrected chi connectivity index (χ3v) is 2.00. The van der Waals surface area contributed by atoms with E-state index in [1.54, 1.807) is 6.07 Å². The SMILES string of the molecule is CC(Nc1ccc(O)c(Cl)c1)C(=O)O. The summed E-state index contributed by atoms with van der Waals surface area (Å²) >= 11 is 5.64. The van der Waals surface area contributed by atoms with Gasteiger partial charge in [-0.1, -0.05) is 11.6 Å². The molecule has 3 N–H and O–H groups in total. The number of anilines is 1. The quantitative estimate of drug-likeness (QED) is 0.674. The summed E-state index contributed by atoms with van der Waals surface area (Å²) in [5.41, 5.74) is 0.558. The molecule has 0 aliphatic heterocycles. The van der Waals surface area contributed by atoms with Gasteiger partial charge < -0.3 is 15.5 Å². The van der Waals surface area contributed by atoms with E-state index >= 15 is 0 Å². The average Bonchev–Trinajstić information content (AvgIpc) is 2.11. The van der Waals surface area contributed by atoms with E-state index in [1.807, 2.05) is 0 Å². The lowest BCUT2D eigenvalue weighted by Gasteiger charge is -2.10. The zero-order chi connectivity index (χ0) is 10.7. The van der Waals surface area contributed by atoms with Crippen molar-refractivity contribution in [3.8, 4) is 5.75 Å². The Labute approximate surface area is 86.1 Å². The number of rotatable bonds is 3. The van der Waals surface area contributed by atoms with Crippen LogP contribution in [0.4, 0.5) is 5.69 Å². The Morgan fingerprint density at radius 3 is 2.71 bits per heavy atom. The number of carboxylic acid groups (broad SMARTS) is 1. The van der Waals surface area contributed by atoms with Crippen molar-refractivity contribution in [1.82, 2.24) is 0 Å². The van der Waals surface area contributed by atoms with Gasteiger partial charge in [-0.15, -0.1) is 0 Å². The van der Waals surface area contributed by atoms with Gasteiger partial charge in [-0.25, -0.2) is 0 Å². The lowest BCUT2D eigenvalue weighted by molar-refractivity contribution is -0.137. The first kappa shape index (κ1) is 10.7.